The fourth-order valence-electron chi connectivity index (χ4n) is 1.31. The lowest BCUT2D eigenvalue weighted by Crippen LogP contribution is -2.02. The normalized spacial score (nSPS) is 9.62. The minimum atomic E-state index is -0.492. The van der Waals surface area contributed by atoms with Crippen LogP contribution in [0.1, 0.15) is 12.5 Å². The molecule has 1 aromatic rings. The average Bonchev–Trinajstić information content (AvgIpc) is 2.22. The number of esters is 1. The number of hydrogen-bond donors (Lipinski definition) is 1. The van der Waals surface area contributed by atoms with Crippen molar-refractivity contribution >= 4 is 5.97 Å². The van der Waals surface area contributed by atoms with Gasteiger partial charge >= 0.3 is 5.97 Å². The minimum Gasteiger partial charge on any atom is -0.502 e. The first-order valence-corrected chi connectivity index (χ1v) is 4.77. The molecule has 0 bridgehead atoms. The Hall–Kier alpha value is -1.97. The topological polar surface area (TPSA) is 55.8 Å². The monoisotopic (exact) mass is 222 g/mol. The highest BCUT2D eigenvalue weighted by Gasteiger charge is 2.12. The van der Waals surface area contributed by atoms with Gasteiger partial charge in [-0.2, -0.15) is 0 Å². The van der Waals surface area contributed by atoms with Crippen LogP contribution in [0.4, 0.5) is 0 Å². The largest absolute Gasteiger partial charge is 0.502 e. The molecule has 4 nitrogen and oxygen atoms in total. The third kappa shape index (κ3) is 2.76. The maximum absolute atomic E-state index is 10.8. The highest BCUT2D eigenvalue weighted by Crippen LogP contribution is 2.37. The predicted octanol–water partition coefficient (Wildman–Crippen LogP) is 2.05. The molecule has 1 rings (SSSR count). The quantitative estimate of drug-likeness (QED) is 0.481. The summed E-state index contributed by atoms with van der Waals surface area (Å²) >= 11 is 0. The number of phenolic OH excluding ortho intramolecular Hbond substituents is 1. The first-order chi connectivity index (χ1) is 7.58. The molecule has 1 aromatic carbocycles. The number of ether oxygens (including phenoxy) is 2. The van der Waals surface area contributed by atoms with E-state index >= 15 is 0 Å². The summed E-state index contributed by atoms with van der Waals surface area (Å²) in [6.45, 7) is 4.88. The van der Waals surface area contributed by atoms with Crippen LogP contribution in [-0.2, 0) is 11.2 Å². The van der Waals surface area contributed by atoms with Crippen LogP contribution in [0.3, 0.4) is 0 Å². The summed E-state index contributed by atoms with van der Waals surface area (Å²) in [7, 11) is 1.43. The molecule has 0 aromatic heterocycles. The molecular weight excluding hydrogens is 208 g/mol. The molecule has 0 saturated carbocycles. The second-order valence-electron chi connectivity index (χ2n) is 3.23. The smallest absolute Gasteiger partial charge is 0.308 e. The van der Waals surface area contributed by atoms with Crippen LogP contribution in [0.25, 0.3) is 0 Å². The zero-order valence-electron chi connectivity index (χ0n) is 9.32. The molecule has 0 fully saturated rings. The van der Waals surface area contributed by atoms with Crippen LogP contribution in [-0.4, -0.2) is 18.2 Å². The van der Waals surface area contributed by atoms with Gasteiger partial charge in [0.1, 0.15) is 0 Å². The summed E-state index contributed by atoms with van der Waals surface area (Å²) in [5.41, 5.74) is 0.848. The lowest BCUT2D eigenvalue weighted by Gasteiger charge is -2.10. The number of carbonyl (C=O) groups excluding carboxylic acids is 1. The molecular formula is C12H14O4. The van der Waals surface area contributed by atoms with Gasteiger partial charge in [-0.05, 0) is 24.1 Å². The summed E-state index contributed by atoms with van der Waals surface area (Å²) in [6, 6.07) is 3.25. The number of rotatable bonds is 4. The van der Waals surface area contributed by atoms with Crippen molar-refractivity contribution in [3.8, 4) is 17.2 Å². The maximum atomic E-state index is 10.8. The number of allylic oxidation sites excluding steroid dienone is 1. The lowest BCUT2D eigenvalue weighted by molar-refractivity contribution is -0.132. The van der Waals surface area contributed by atoms with E-state index in [1.165, 1.54) is 14.0 Å². The molecule has 0 radical (unpaired) electrons. The number of benzene rings is 1. The van der Waals surface area contributed by atoms with Crippen LogP contribution in [0, 0.1) is 0 Å². The molecule has 0 amide bonds. The highest BCUT2D eigenvalue weighted by atomic mass is 16.5. The van der Waals surface area contributed by atoms with Crippen LogP contribution >= 0.6 is 0 Å². The van der Waals surface area contributed by atoms with E-state index in [1.807, 2.05) is 0 Å². The van der Waals surface area contributed by atoms with Crippen molar-refractivity contribution in [3.63, 3.8) is 0 Å². The Morgan fingerprint density at radius 3 is 2.62 bits per heavy atom. The summed E-state index contributed by atoms with van der Waals surface area (Å²) in [4.78, 5) is 10.8. The number of phenols is 1. The van der Waals surface area contributed by atoms with Crippen molar-refractivity contribution in [1.29, 1.82) is 0 Å². The third-order valence-corrected chi connectivity index (χ3v) is 1.95. The van der Waals surface area contributed by atoms with E-state index in [4.69, 9.17) is 9.47 Å². The minimum absolute atomic E-state index is 0.101. The van der Waals surface area contributed by atoms with Crippen molar-refractivity contribution in [1.82, 2.24) is 0 Å². The predicted molar refractivity (Wildman–Crippen MR) is 59.9 cm³/mol. The van der Waals surface area contributed by atoms with Gasteiger partial charge < -0.3 is 14.6 Å². The Balaban J connectivity index is 3.17. The molecule has 0 aliphatic rings. The first-order valence-electron chi connectivity index (χ1n) is 4.77. The standard InChI is InChI=1S/C12H14O4/c1-4-5-9-6-10(15-3)12(14)11(7-9)16-8(2)13/h4,6-7,14H,1,5H2,2-3H3. The first kappa shape index (κ1) is 12.1. The van der Waals surface area contributed by atoms with Crippen molar-refractivity contribution in [2.45, 2.75) is 13.3 Å². The molecule has 0 saturated heterocycles. The van der Waals surface area contributed by atoms with Gasteiger partial charge in [0, 0.05) is 6.92 Å². The van der Waals surface area contributed by atoms with E-state index in [9.17, 15) is 9.90 Å². The Kier molecular flexibility index (Phi) is 3.94. The fraction of sp³-hybridized carbons (Fsp3) is 0.250. The number of methoxy groups -OCH3 is 1. The van der Waals surface area contributed by atoms with Gasteiger partial charge in [-0.15, -0.1) is 6.58 Å². The summed E-state index contributed by atoms with van der Waals surface area (Å²) in [5.74, 6) is -0.294. The zero-order chi connectivity index (χ0) is 12.1. The van der Waals surface area contributed by atoms with Crippen molar-refractivity contribution in [3.05, 3.63) is 30.4 Å². The van der Waals surface area contributed by atoms with Gasteiger partial charge in [-0.1, -0.05) is 6.08 Å². The second-order valence-corrected chi connectivity index (χ2v) is 3.23. The van der Waals surface area contributed by atoms with Crippen molar-refractivity contribution in [2.24, 2.45) is 0 Å². The van der Waals surface area contributed by atoms with Gasteiger partial charge in [-0.3, -0.25) is 4.79 Å². The van der Waals surface area contributed by atoms with E-state index in [2.05, 4.69) is 6.58 Å². The third-order valence-electron chi connectivity index (χ3n) is 1.95. The fourth-order valence-corrected chi connectivity index (χ4v) is 1.31. The van der Waals surface area contributed by atoms with Gasteiger partial charge in [0.25, 0.3) is 0 Å². The molecule has 0 aliphatic carbocycles. The van der Waals surface area contributed by atoms with E-state index in [-0.39, 0.29) is 17.2 Å². The van der Waals surface area contributed by atoms with Crippen molar-refractivity contribution in [2.75, 3.05) is 7.11 Å². The lowest BCUT2D eigenvalue weighted by atomic mass is 10.1. The molecule has 0 spiro atoms. The van der Waals surface area contributed by atoms with E-state index in [0.29, 0.717) is 6.42 Å². The van der Waals surface area contributed by atoms with Gasteiger partial charge in [-0.25, -0.2) is 0 Å². The summed E-state index contributed by atoms with van der Waals surface area (Å²) in [6.07, 6.45) is 2.31. The Bertz CT molecular complexity index is 410. The molecule has 0 aliphatic heterocycles. The zero-order valence-corrected chi connectivity index (χ0v) is 9.32. The molecule has 16 heavy (non-hydrogen) atoms. The summed E-state index contributed by atoms with van der Waals surface area (Å²) < 4.78 is 9.85. The van der Waals surface area contributed by atoms with Crippen LogP contribution in [0.15, 0.2) is 24.8 Å². The SMILES string of the molecule is C=CCc1cc(OC)c(O)c(OC(C)=O)c1. The van der Waals surface area contributed by atoms with E-state index < -0.39 is 5.97 Å². The van der Waals surface area contributed by atoms with E-state index in [1.54, 1.807) is 18.2 Å². The van der Waals surface area contributed by atoms with Crippen LogP contribution in [0.5, 0.6) is 17.2 Å². The molecule has 4 heteroatoms. The number of carbonyl (C=O) groups is 1. The molecule has 0 heterocycles. The van der Waals surface area contributed by atoms with E-state index in [0.717, 1.165) is 5.56 Å². The summed E-state index contributed by atoms with van der Waals surface area (Å²) in [5, 5.41) is 9.70. The molecule has 86 valence electrons. The van der Waals surface area contributed by atoms with Crippen LogP contribution in [0.2, 0.25) is 0 Å². The molecule has 0 unspecified atom stereocenters. The second kappa shape index (κ2) is 5.21. The van der Waals surface area contributed by atoms with Gasteiger partial charge in [0.05, 0.1) is 7.11 Å². The molecule has 0 atom stereocenters. The Morgan fingerprint density at radius 1 is 1.50 bits per heavy atom. The Labute approximate surface area is 94.1 Å². The number of hydrogen-bond acceptors (Lipinski definition) is 4. The average molecular weight is 222 g/mol. The Morgan fingerprint density at radius 2 is 2.12 bits per heavy atom. The van der Waals surface area contributed by atoms with Crippen LogP contribution < -0.4 is 9.47 Å². The number of aromatic hydroxyl groups is 1. The highest BCUT2D eigenvalue weighted by molar-refractivity contribution is 5.71. The van der Waals surface area contributed by atoms with Gasteiger partial charge in [0.15, 0.2) is 11.5 Å². The molecule has 1 N–H and O–H groups in total. The van der Waals surface area contributed by atoms with Gasteiger partial charge in [0.2, 0.25) is 5.75 Å². The van der Waals surface area contributed by atoms with Crippen molar-refractivity contribution < 1.29 is 19.4 Å². The maximum Gasteiger partial charge on any atom is 0.308 e.